The second-order valence-electron chi connectivity index (χ2n) is 31.6. The summed E-state index contributed by atoms with van der Waals surface area (Å²) in [5.74, 6) is 0. The van der Waals surface area contributed by atoms with Gasteiger partial charge in [0.05, 0.1) is 51.2 Å². The highest BCUT2D eigenvalue weighted by Crippen LogP contribution is 2.60. The van der Waals surface area contributed by atoms with Crippen molar-refractivity contribution in [2.45, 2.75) is 285 Å². The molecule has 6 heterocycles. The highest BCUT2D eigenvalue weighted by Gasteiger charge is 2.41. The van der Waals surface area contributed by atoms with Crippen molar-refractivity contribution in [2.24, 2.45) is 0 Å². The first kappa shape index (κ1) is 105. The van der Waals surface area contributed by atoms with E-state index >= 15 is 0 Å². The van der Waals surface area contributed by atoms with E-state index in [9.17, 15) is 0 Å². The molecule has 3 heteroatoms. The minimum Gasteiger partial charge on any atom is -0.309 e. The molecule has 0 unspecified atom stereocenters. The van der Waals surface area contributed by atoms with Gasteiger partial charge in [-0.25, -0.2) is 0 Å². The summed E-state index contributed by atoms with van der Waals surface area (Å²) in [6.07, 6.45) is 12.4. The lowest BCUT2D eigenvalue weighted by molar-refractivity contribution is 0.995. The number of nitrogens with zero attached hydrogens (tertiary/aromatic N) is 3. The predicted octanol–water partition coefficient (Wildman–Crippen LogP) is 39.7. The molecule has 15 aromatic rings. The maximum atomic E-state index is 2.60. The lowest BCUT2D eigenvalue weighted by Gasteiger charge is -2.40. The Morgan fingerprint density at radius 2 is 0.333 bits per heavy atom. The van der Waals surface area contributed by atoms with Gasteiger partial charge in [0.25, 0.3) is 0 Å². The zero-order chi connectivity index (χ0) is 98.0. The number of hydrogen-bond donors (Lipinski definition) is 0. The molecule has 0 bridgehead atoms. The van der Waals surface area contributed by atoms with Crippen LogP contribution in [-0.2, 0) is 77.0 Å². The summed E-state index contributed by atoms with van der Waals surface area (Å²) >= 11 is 0. The van der Waals surface area contributed by atoms with E-state index in [1.165, 1.54) is 251 Å². The fraction of sp³-hybridized carbons (Fsp3) is 0.318. The first-order chi connectivity index (χ1) is 67.0. The van der Waals surface area contributed by atoms with Gasteiger partial charge in [-0.05, 0) is 275 Å². The Morgan fingerprint density at radius 3 is 0.644 bits per heavy atom. The van der Waals surface area contributed by atoms with Crippen LogP contribution < -0.4 is 14.7 Å². The van der Waals surface area contributed by atoms with Crippen LogP contribution in [0.15, 0.2) is 273 Å². The van der Waals surface area contributed by atoms with Crippen LogP contribution in [0.25, 0.3) is 66.8 Å². The quantitative estimate of drug-likeness (QED) is 0.150. The van der Waals surface area contributed by atoms with Gasteiger partial charge in [-0.2, -0.15) is 0 Å². The SMILES string of the molecule is CC.CC.CC.CC.CC.CC.CC.CC.CC.CC.CC.CC.CC.CC.CC.c1ccc2c(c1)Cc1cc3c(cc1-2)N1c2cc4c(cc2Cc2cccc(c21)C3)Cc1ccccc1-4.c1ccc2c(c1)Cc1cc3c(cc1-2)N1c2ccc4c(c2Cc2cccc(c21)C3)-c1ccccc1C4.c1ccc2c(c1)Cc1cc3c(cc1-2)N1c2ccc4c(c2Cc2cccc(c21)C3)Cc1ccccc1-4. The molecule has 0 atom stereocenters. The summed E-state index contributed by atoms with van der Waals surface area (Å²) in [6.45, 7) is 60.0. The van der Waals surface area contributed by atoms with E-state index in [0.29, 0.717) is 0 Å². The monoisotopic (exact) mass is 1790 g/mol. The van der Waals surface area contributed by atoms with Crippen LogP contribution >= 0.6 is 0 Å². The van der Waals surface area contributed by atoms with Crippen molar-refractivity contribution in [3.8, 4) is 66.8 Å². The maximum absolute atomic E-state index is 2.60. The molecule has 6 aliphatic carbocycles. The Labute approximate surface area is 818 Å². The number of fused-ring (bicyclic) bond motifs is 32. The fourth-order valence-electron chi connectivity index (χ4n) is 21.6. The van der Waals surface area contributed by atoms with Crippen molar-refractivity contribution in [3.05, 3.63) is 407 Å². The summed E-state index contributed by atoms with van der Waals surface area (Å²) in [6, 6.07) is 104. The summed E-state index contributed by atoms with van der Waals surface area (Å²) in [7, 11) is 0. The molecular weight excluding hydrogens is 1630 g/mol. The molecule has 12 aliphatic rings. The second-order valence-corrected chi connectivity index (χ2v) is 31.6. The highest BCUT2D eigenvalue weighted by molar-refractivity contribution is 6.00. The molecular formula is C132H159N3. The Balaban J connectivity index is 0.000000184. The van der Waals surface area contributed by atoms with Gasteiger partial charge in [-0.3, -0.25) is 0 Å². The molecule has 0 N–H and O–H groups in total. The van der Waals surface area contributed by atoms with Gasteiger partial charge in [0.1, 0.15) is 0 Å². The average molecular weight is 1790 g/mol. The molecule has 0 spiro atoms. The summed E-state index contributed by atoms with van der Waals surface area (Å²) in [5.41, 5.74) is 64.8. The van der Waals surface area contributed by atoms with Crippen molar-refractivity contribution in [1.82, 2.24) is 0 Å². The number of hydrogen-bond acceptors (Lipinski definition) is 3. The zero-order valence-electron chi connectivity index (χ0n) is 88.3. The van der Waals surface area contributed by atoms with Gasteiger partial charge in [-0.1, -0.05) is 444 Å². The normalized spacial score (nSPS) is 12.3. The molecule has 0 radical (unpaired) electrons. The van der Waals surface area contributed by atoms with Gasteiger partial charge < -0.3 is 14.7 Å². The zero-order valence-corrected chi connectivity index (χ0v) is 88.3. The lowest BCUT2D eigenvalue weighted by atomic mass is 9.83. The lowest BCUT2D eigenvalue weighted by Crippen LogP contribution is -2.25. The average Bonchev–Trinajstić information content (AvgIpc) is 1.66. The van der Waals surface area contributed by atoms with E-state index in [1.54, 1.807) is 0 Å². The second kappa shape index (κ2) is 49.8. The molecule has 0 saturated heterocycles. The molecule has 27 rings (SSSR count). The van der Waals surface area contributed by atoms with Crippen LogP contribution in [0.1, 0.15) is 341 Å². The number of para-hydroxylation sites is 3. The Hall–Kier alpha value is -12.3. The van der Waals surface area contributed by atoms with Gasteiger partial charge in [0.2, 0.25) is 0 Å². The van der Waals surface area contributed by atoms with Crippen molar-refractivity contribution >= 4 is 51.2 Å². The van der Waals surface area contributed by atoms with Crippen LogP contribution in [0.3, 0.4) is 0 Å². The van der Waals surface area contributed by atoms with Crippen LogP contribution in [0.5, 0.6) is 0 Å². The van der Waals surface area contributed by atoms with E-state index in [2.05, 4.69) is 288 Å². The molecule has 702 valence electrons. The van der Waals surface area contributed by atoms with Gasteiger partial charge >= 0.3 is 0 Å². The molecule has 0 aromatic heterocycles. The predicted molar refractivity (Wildman–Crippen MR) is 600 cm³/mol. The van der Waals surface area contributed by atoms with Crippen molar-refractivity contribution < 1.29 is 0 Å². The molecule has 15 aromatic carbocycles. The third kappa shape index (κ3) is 19.2. The molecule has 0 saturated carbocycles. The van der Waals surface area contributed by atoms with Crippen LogP contribution in [0.4, 0.5) is 51.2 Å². The van der Waals surface area contributed by atoms with Crippen LogP contribution in [0.2, 0.25) is 0 Å². The van der Waals surface area contributed by atoms with Crippen molar-refractivity contribution in [3.63, 3.8) is 0 Å². The van der Waals surface area contributed by atoms with Crippen LogP contribution in [0, 0.1) is 0 Å². The third-order valence-corrected chi connectivity index (χ3v) is 26.1. The van der Waals surface area contributed by atoms with Crippen LogP contribution in [-0.4, -0.2) is 0 Å². The Morgan fingerprint density at radius 1 is 0.126 bits per heavy atom. The summed E-state index contributed by atoms with van der Waals surface area (Å²) < 4.78 is 0. The van der Waals surface area contributed by atoms with E-state index in [0.717, 1.165) is 77.0 Å². The molecule has 6 aliphatic heterocycles. The fourth-order valence-corrected chi connectivity index (χ4v) is 21.6. The number of rotatable bonds is 0. The van der Waals surface area contributed by atoms with Crippen molar-refractivity contribution in [1.29, 1.82) is 0 Å². The first-order valence-electron chi connectivity index (χ1n) is 53.1. The highest BCUT2D eigenvalue weighted by atomic mass is 15.2. The van der Waals surface area contributed by atoms with Gasteiger partial charge in [-0.15, -0.1) is 0 Å². The molecule has 3 nitrogen and oxygen atoms in total. The van der Waals surface area contributed by atoms with E-state index in [-0.39, 0.29) is 0 Å². The minimum absolute atomic E-state index is 1.01. The number of anilines is 9. The first-order valence-corrected chi connectivity index (χ1v) is 53.1. The maximum Gasteiger partial charge on any atom is 0.0532 e. The van der Waals surface area contributed by atoms with Gasteiger partial charge in [0, 0.05) is 38.5 Å². The van der Waals surface area contributed by atoms with E-state index in [1.807, 2.05) is 208 Å². The largest absolute Gasteiger partial charge is 0.309 e. The Bertz CT molecular complexity index is 6220. The summed E-state index contributed by atoms with van der Waals surface area (Å²) in [5, 5.41) is 0. The Kier molecular flexibility index (Phi) is 38.6. The van der Waals surface area contributed by atoms with E-state index in [4.69, 9.17) is 0 Å². The van der Waals surface area contributed by atoms with Crippen molar-refractivity contribution in [2.75, 3.05) is 14.7 Å². The van der Waals surface area contributed by atoms with Gasteiger partial charge in [0.15, 0.2) is 0 Å². The standard InChI is InChI=1S/3C34H23N.15C2H6/c1-4-11-27-20(6-1)14-24-16-25-15-22-8-5-9-23-18-31-30-17-21-7-2-3-10-26(21)28(30)12-13-32(31)35(34(22)23)33(25)19-29(24)27;1-3-10-28-20(6-1)12-24-16-26-14-22-8-5-9-23-15-27-17-25-13-21-7-2-4-11-29(21)31(25)19-33(27)35(34(22)23)32(26)18-30(24)28;1-3-10-27-20(6-1)15-25-17-26-16-23-8-5-9-24-18-30-31(35(34(23)24)32(26)19-29(25)27)13-12-22-14-21-7-2-4-11-28(21)33(22)30;15*1-2/h1-13,16,19H,14-15,17-18H2;1-11,16-19H,12-15H2;1-13,17,19H,14-16,18H2;15*1-2H3. The molecule has 0 fully saturated rings. The molecule has 0 amide bonds. The number of benzene rings is 15. The summed E-state index contributed by atoms with van der Waals surface area (Å²) in [4.78, 5) is 7.81. The minimum atomic E-state index is 1.01. The third-order valence-electron chi connectivity index (χ3n) is 26.1. The smallest absolute Gasteiger partial charge is 0.0532 e. The van der Waals surface area contributed by atoms with E-state index < -0.39 is 0 Å². The topological polar surface area (TPSA) is 9.72 Å². The molecule has 135 heavy (non-hydrogen) atoms.